The summed E-state index contributed by atoms with van der Waals surface area (Å²) in [7, 11) is 1.69. The molecule has 5 nitrogen and oxygen atoms in total. The van der Waals surface area contributed by atoms with Gasteiger partial charge in [0.05, 0.1) is 25.2 Å². The maximum absolute atomic E-state index is 5.46. The van der Waals surface area contributed by atoms with Crippen LogP contribution in [-0.2, 0) is 16.0 Å². The van der Waals surface area contributed by atoms with Gasteiger partial charge < -0.3 is 19.4 Å². The standard InChI is InChI=1S/C13H23N3O2/c1-17-8-9-18-7-3-6-16-11-14-10-13(16)12-4-2-5-15-12/h10-12,15H,2-9H2,1H3/t12-/m0/s1. The van der Waals surface area contributed by atoms with E-state index >= 15 is 0 Å². The number of nitrogens with one attached hydrogen (secondary N) is 1. The number of methoxy groups -OCH3 is 1. The highest BCUT2D eigenvalue weighted by Crippen LogP contribution is 2.22. The van der Waals surface area contributed by atoms with Gasteiger partial charge >= 0.3 is 0 Å². The fourth-order valence-corrected chi connectivity index (χ4v) is 2.33. The second-order valence-electron chi connectivity index (χ2n) is 4.62. The molecule has 0 bridgehead atoms. The lowest BCUT2D eigenvalue weighted by molar-refractivity contribution is 0.0679. The van der Waals surface area contributed by atoms with E-state index in [1.165, 1.54) is 18.5 Å². The first kappa shape index (κ1) is 13.5. The Labute approximate surface area is 108 Å². The van der Waals surface area contributed by atoms with E-state index in [0.29, 0.717) is 19.3 Å². The fraction of sp³-hybridized carbons (Fsp3) is 0.769. The third-order valence-corrected chi connectivity index (χ3v) is 3.28. The monoisotopic (exact) mass is 253 g/mol. The van der Waals surface area contributed by atoms with Gasteiger partial charge in [-0.3, -0.25) is 0 Å². The summed E-state index contributed by atoms with van der Waals surface area (Å²) in [5, 5.41) is 3.51. The molecule has 1 aromatic heterocycles. The van der Waals surface area contributed by atoms with Gasteiger partial charge in [0.15, 0.2) is 0 Å². The third kappa shape index (κ3) is 3.80. The van der Waals surface area contributed by atoms with Gasteiger partial charge in [-0.2, -0.15) is 0 Å². The first-order valence-electron chi connectivity index (χ1n) is 6.72. The van der Waals surface area contributed by atoms with Gasteiger partial charge in [0, 0.05) is 32.5 Å². The Kier molecular flexibility index (Phi) is 5.64. The second-order valence-corrected chi connectivity index (χ2v) is 4.62. The molecule has 1 fully saturated rings. The molecular formula is C13H23N3O2. The maximum Gasteiger partial charge on any atom is 0.0948 e. The van der Waals surface area contributed by atoms with Crippen molar-refractivity contribution in [3.63, 3.8) is 0 Å². The molecule has 1 aliphatic heterocycles. The maximum atomic E-state index is 5.46. The zero-order valence-electron chi connectivity index (χ0n) is 11.1. The average molecular weight is 253 g/mol. The quantitative estimate of drug-likeness (QED) is 0.711. The minimum atomic E-state index is 0.488. The van der Waals surface area contributed by atoms with E-state index in [0.717, 1.165) is 26.1 Å². The van der Waals surface area contributed by atoms with Crippen LogP contribution in [-0.4, -0.2) is 43.0 Å². The predicted octanol–water partition coefficient (Wildman–Crippen LogP) is 1.36. The molecule has 102 valence electrons. The zero-order valence-corrected chi connectivity index (χ0v) is 11.1. The molecule has 1 aromatic rings. The lowest BCUT2D eigenvalue weighted by atomic mass is 10.2. The molecule has 1 atom stereocenters. The van der Waals surface area contributed by atoms with Crippen LogP contribution in [0.4, 0.5) is 0 Å². The molecular weight excluding hydrogens is 230 g/mol. The molecule has 5 heteroatoms. The van der Waals surface area contributed by atoms with Crippen molar-refractivity contribution in [2.24, 2.45) is 0 Å². The van der Waals surface area contributed by atoms with Crippen molar-refractivity contribution in [3.8, 4) is 0 Å². The summed E-state index contributed by atoms with van der Waals surface area (Å²) in [5.41, 5.74) is 1.31. The summed E-state index contributed by atoms with van der Waals surface area (Å²) in [4.78, 5) is 4.26. The van der Waals surface area contributed by atoms with Crippen LogP contribution in [0.1, 0.15) is 31.0 Å². The molecule has 0 aromatic carbocycles. The summed E-state index contributed by atoms with van der Waals surface area (Å²) in [6.07, 6.45) is 7.39. The van der Waals surface area contributed by atoms with Crippen LogP contribution in [0.2, 0.25) is 0 Å². The minimum absolute atomic E-state index is 0.488. The SMILES string of the molecule is COCCOCCCn1cncc1[C@@H]1CCCN1. The number of hydrogen-bond acceptors (Lipinski definition) is 4. The van der Waals surface area contributed by atoms with Crippen molar-refractivity contribution in [3.05, 3.63) is 18.2 Å². The van der Waals surface area contributed by atoms with E-state index in [-0.39, 0.29) is 0 Å². The molecule has 0 saturated carbocycles. The predicted molar refractivity (Wildman–Crippen MR) is 69.5 cm³/mol. The smallest absolute Gasteiger partial charge is 0.0948 e. The molecule has 0 aliphatic carbocycles. The number of rotatable bonds is 8. The summed E-state index contributed by atoms with van der Waals surface area (Å²) >= 11 is 0. The van der Waals surface area contributed by atoms with E-state index in [1.807, 2.05) is 12.5 Å². The van der Waals surface area contributed by atoms with E-state index < -0.39 is 0 Å². The van der Waals surface area contributed by atoms with Crippen molar-refractivity contribution in [2.75, 3.05) is 33.5 Å². The van der Waals surface area contributed by atoms with Crippen molar-refractivity contribution < 1.29 is 9.47 Å². The Hall–Kier alpha value is -0.910. The number of imidazole rings is 1. The van der Waals surface area contributed by atoms with Crippen LogP contribution >= 0.6 is 0 Å². The molecule has 0 radical (unpaired) electrons. The minimum Gasteiger partial charge on any atom is -0.382 e. The molecule has 0 spiro atoms. The van der Waals surface area contributed by atoms with Crippen LogP contribution in [0.5, 0.6) is 0 Å². The third-order valence-electron chi connectivity index (χ3n) is 3.28. The summed E-state index contributed by atoms with van der Waals surface area (Å²) in [5.74, 6) is 0. The van der Waals surface area contributed by atoms with E-state index in [4.69, 9.17) is 9.47 Å². The van der Waals surface area contributed by atoms with Gasteiger partial charge in [0.1, 0.15) is 0 Å². The van der Waals surface area contributed by atoms with E-state index in [1.54, 1.807) is 7.11 Å². The van der Waals surface area contributed by atoms with Gasteiger partial charge in [0.2, 0.25) is 0 Å². The fourth-order valence-electron chi connectivity index (χ4n) is 2.33. The molecule has 2 rings (SSSR count). The Morgan fingerprint density at radius 2 is 2.39 bits per heavy atom. The van der Waals surface area contributed by atoms with Gasteiger partial charge in [-0.25, -0.2) is 4.98 Å². The highest BCUT2D eigenvalue weighted by atomic mass is 16.5. The summed E-state index contributed by atoms with van der Waals surface area (Å²) < 4.78 is 12.6. The first-order valence-corrected chi connectivity index (χ1v) is 6.72. The summed E-state index contributed by atoms with van der Waals surface area (Å²) in [6, 6.07) is 0.488. The molecule has 1 saturated heterocycles. The van der Waals surface area contributed by atoms with Gasteiger partial charge in [-0.1, -0.05) is 0 Å². The number of aryl methyl sites for hydroxylation is 1. The number of nitrogens with zero attached hydrogens (tertiary/aromatic N) is 2. The second kappa shape index (κ2) is 7.51. The zero-order chi connectivity index (χ0) is 12.6. The molecule has 1 aliphatic rings. The number of aromatic nitrogens is 2. The topological polar surface area (TPSA) is 48.3 Å². The average Bonchev–Trinajstić information content (AvgIpc) is 3.03. The Morgan fingerprint density at radius 3 is 3.17 bits per heavy atom. The molecule has 1 N–H and O–H groups in total. The van der Waals surface area contributed by atoms with Crippen molar-refractivity contribution >= 4 is 0 Å². The number of ether oxygens (including phenoxy) is 2. The van der Waals surface area contributed by atoms with Crippen molar-refractivity contribution in [1.29, 1.82) is 0 Å². The van der Waals surface area contributed by atoms with Gasteiger partial charge in [-0.15, -0.1) is 0 Å². The highest BCUT2D eigenvalue weighted by Gasteiger charge is 2.19. The van der Waals surface area contributed by atoms with Crippen molar-refractivity contribution in [1.82, 2.24) is 14.9 Å². The summed E-state index contributed by atoms with van der Waals surface area (Å²) in [6.45, 7) is 4.22. The Bertz CT molecular complexity index is 335. The molecule has 18 heavy (non-hydrogen) atoms. The first-order chi connectivity index (χ1) is 8.92. The molecule has 0 amide bonds. The lowest BCUT2D eigenvalue weighted by Crippen LogP contribution is -2.17. The van der Waals surface area contributed by atoms with E-state index in [2.05, 4.69) is 14.9 Å². The lowest BCUT2D eigenvalue weighted by Gasteiger charge is -2.13. The normalized spacial score (nSPS) is 19.5. The Balaban J connectivity index is 1.70. The molecule has 0 unspecified atom stereocenters. The van der Waals surface area contributed by atoms with E-state index in [9.17, 15) is 0 Å². The number of hydrogen-bond donors (Lipinski definition) is 1. The van der Waals surface area contributed by atoms with Gasteiger partial charge in [-0.05, 0) is 25.8 Å². The Morgan fingerprint density at radius 1 is 1.44 bits per heavy atom. The van der Waals surface area contributed by atoms with Gasteiger partial charge in [0.25, 0.3) is 0 Å². The van der Waals surface area contributed by atoms with Crippen LogP contribution in [0, 0.1) is 0 Å². The van der Waals surface area contributed by atoms with Crippen molar-refractivity contribution in [2.45, 2.75) is 31.8 Å². The van der Waals surface area contributed by atoms with Crippen LogP contribution < -0.4 is 5.32 Å². The molecule has 2 heterocycles. The van der Waals surface area contributed by atoms with Crippen LogP contribution in [0.15, 0.2) is 12.5 Å². The van der Waals surface area contributed by atoms with Crippen LogP contribution in [0.25, 0.3) is 0 Å². The van der Waals surface area contributed by atoms with Crippen LogP contribution in [0.3, 0.4) is 0 Å². The highest BCUT2D eigenvalue weighted by molar-refractivity contribution is 5.07. The largest absolute Gasteiger partial charge is 0.382 e.